The fraction of sp³-hybridized carbons (Fsp3) is 0.333. The molecule has 2 heterocycles. The molecule has 132 valence electrons. The molecule has 0 unspecified atom stereocenters. The fourth-order valence-electron chi connectivity index (χ4n) is 2.77. The van der Waals surface area contributed by atoms with Gasteiger partial charge in [-0.25, -0.2) is 8.42 Å². The Bertz CT molecular complexity index is 840. The zero-order chi connectivity index (χ0) is 17.9. The second kappa shape index (κ2) is 7.33. The number of amides is 1. The smallest absolute Gasteiger partial charge is 0.257 e. The van der Waals surface area contributed by atoms with Gasteiger partial charge in [-0.3, -0.25) is 9.78 Å². The van der Waals surface area contributed by atoms with Crippen molar-refractivity contribution in [2.75, 3.05) is 18.4 Å². The molecular formula is C18H21N3O3S. The van der Waals surface area contributed by atoms with Gasteiger partial charge >= 0.3 is 0 Å². The van der Waals surface area contributed by atoms with Crippen LogP contribution in [0.4, 0.5) is 5.69 Å². The number of carbonyl (C=O) groups excluding carboxylic acids is 1. The van der Waals surface area contributed by atoms with Crippen LogP contribution in [-0.4, -0.2) is 36.7 Å². The van der Waals surface area contributed by atoms with Gasteiger partial charge in [-0.05, 0) is 56.2 Å². The number of benzene rings is 1. The van der Waals surface area contributed by atoms with E-state index in [1.165, 1.54) is 22.6 Å². The lowest BCUT2D eigenvalue weighted by Crippen LogP contribution is -2.35. The van der Waals surface area contributed by atoms with Crippen molar-refractivity contribution in [2.45, 2.75) is 31.1 Å². The number of pyridine rings is 1. The van der Waals surface area contributed by atoms with Crippen molar-refractivity contribution >= 4 is 21.6 Å². The summed E-state index contributed by atoms with van der Waals surface area (Å²) >= 11 is 0. The molecule has 0 atom stereocenters. The highest BCUT2D eigenvalue weighted by Crippen LogP contribution is 2.22. The summed E-state index contributed by atoms with van der Waals surface area (Å²) in [5, 5.41) is 2.75. The van der Waals surface area contributed by atoms with Gasteiger partial charge in [0.15, 0.2) is 0 Å². The summed E-state index contributed by atoms with van der Waals surface area (Å²) in [4.78, 5) is 16.5. The number of sulfonamides is 1. The van der Waals surface area contributed by atoms with Crippen molar-refractivity contribution < 1.29 is 13.2 Å². The first-order valence-corrected chi connectivity index (χ1v) is 9.75. The van der Waals surface area contributed by atoms with Gasteiger partial charge in [-0.15, -0.1) is 0 Å². The second-order valence-corrected chi connectivity index (χ2v) is 8.07. The van der Waals surface area contributed by atoms with Gasteiger partial charge in [0.1, 0.15) is 0 Å². The predicted octanol–water partition coefficient (Wildman–Crippen LogP) is 2.82. The third-order valence-corrected chi connectivity index (χ3v) is 6.15. The third kappa shape index (κ3) is 4.05. The van der Waals surface area contributed by atoms with E-state index in [-0.39, 0.29) is 10.8 Å². The van der Waals surface area contributed by atoms with Crippen molar-refractivity contribution in [3.63, 3.8) is 0 Å². The molecule has 0 aliphatic carbocycles. The highest BCUT2D eigenvalue weighted by Gasteiger charge is 2.25. The van der Waals surface area contributed by atoms with E-state index in [0.717, 1.165) is 25.0 Å². The maximum atomic E-state index is 12.6. The molecule has 1 aromatic carbocycles. The monoisotopic (exact) mass is 359 g/mol. The van der Waals surface area contributed by atoms with Crippen molar-refractivity contribution in [1.82, 2.24) is 9.29 Å². The van der Waals surface area contributed by atoms with Crippen LogP contribution in [0.25, 0.3) is 0 Å². The summed E-state index contributed by atoms with van der Waals surface area (Å²) in [6.45, 7) is 2.99. The minimum Gasteiger partial charge on any atom is -0.322 e. The summed E-state index contributed by atoms with van der Waals surface area (Å²) in [7, 11) is -3.45. The SMILES string of the molecule is Cc1ccc(C(=O)Nc2ccc(S(=O)(=O)N3CCCCC3)cc2)cn1. The van der Waals surface area contributed by atoms with Gasteiger partial charge in [0.2, 0.25) is 10.0 Å². The lowest BCUT2D eigenvalue weighted by atomic mass is 10.2. The maximum Gasteiger partial charge on any atom is 0.257 e. The first kappa shape index (κ1) is 17.6. The molecule has 1 amide bonds. The molecule has 0 saturated carbocycles. The van der Waals surface area contributed by atoms with Crippen LogP contribution < -0.4 is 5.32 Å². The number of rotatable bonds is 4. The van der Waals surface area contributed by atoms with Crippen LogP contribution in [0.2, 0.25) is 0 Å². The van der Waals surface area contributed by atoms with E-state index in [0.29, 0.717) is 24.3 Å². The van der Waals surface area contributed by atoms with E-state index >= 15 is 0 Å². The summed E-state index contributed by atoms with van der Waals surface area (Å²) in [5.41, 5.74) is 1.84. The minimum atomic E-state index is -3.45. The lowest BCUT2D eigenvalue weighted by Gasteiger charge is -2.25. The average molecular weight is 359 g/mol. The highest BCUT2D eigenvalue weighted by atomic mass is 32.2. The molecule has 3 rings (SSSR count). The number of hydrogen-bond acceptors (Lipinski definition) is 4. The number of piperidine rings is 1. The molecule has 6 nitrogen and oxygen atoms in total. The summed E-state index contributed by atoms with van der Waals surface area (Å²) in [5.74, 6) is -0.279. The molecule has 0 bridgehead atoms. The Kier molecular flexibility index (Phi) is 5.15. The number of hydrogen-bond donors (Lipinski definition) is 1. The van der Waals surface area contributed by atoms with Gasteiger partial charge in [0.25, 0.3) is 5.91 Å². The summed E-state index contributed by atoms with van der Waals surface area (Å²) < 4.78 is 26.7. The molecule has 1 N–H and O–H groups in total. The molecule has 2 aromatic rings. The number of nitrogens with one attached hydrogen (secondary N) is 1. The number of aryl methyl sites for hydroxylation is 1. The van der Waals surface area contributed by atoms with Crippen LogP contribution in [-0.2, 0) is 10.0 Å². The molecule has 25 heavy (non-hydrogen) atoms. The number of aromatic nitrogens is 1. The van der Waals surface area contributed by atoms with E-state index in [1.807, 2.05) is 6.92 Å². The third-order valence-electron chi connectivity index (χ3n) is 4.24. The van der Waals surface area contributed by atoms with Crippen LogP contribution in [0.3, 0.4) is 0 Å². The Morgan fingerprint density at radius 3 is 2.32 bits per heavy atom. The van der Waals surface area contributed by atoms with E-state index in [9.17, 15) is 13.2 Å². The van der Waals surface area contributed by atoms with Crippen molar-refractivity contribution in [1.29, 1.82) is 0 Å². The molecule has 1 aliphatic rings. The van der Waals surface area contributed by atoms with Gasteiger partial charge < -0.3 is 5.32 Å². The maximum absolute atomic E-state index is 12.6. The first-order valence-electron chi connectivity index (χ1n) is 8.31. The van der Waals surface area contributed by atoms with E-state index in [4.69, 9.17) is 0 Å². The molecule has 1 fully saturated rings. The molecular weight excluding hydrogens is 338 g/mol. The van der Waals surface area contributed by atoms with E-state index in [2.05, 4.69) is 10.3 Å². The minimum absolute atomic E-state index is 0.254. The molecule has 1 saturated heterocycles. The zero-order valence-corrected chi connectivity index (χ0v) is 14.9. The van der Waals surface area contributed by atoms with Gasteiger partial charge in [0.05, 0.1) is 10.5 Å². The Morgan fingerprint density at radius 1 is 1.04 bits per heavy atom. The quantitative estimate of drug-likeness (QED) is 0.910. The summed E-state index contributed by atoms with van der Waals surface area (Å²) in [6, 6.07) is 9.75. The van der Waals surface area contributed by atoms with Crippen LogP contribution in [0, 0.1) is 6.92 Å². The lowest BCUT2D eigenvalue weighted by molar-refractivity contribution is 0.102. The molecule has 1 aromatic heterocycles. The van der Waals surface area contributed by atoms with E-state index in [1.54, 1.807) is 24.3 Å². The fourth-order valence-corrected chi connectivity index (χ4v) is 4.29. The Morgan fingerprint density at radius 2 is 1.72 bits per heavy atom. The van der Waals surface area contributed by atoms with Gasteiger partial charge in [0, 0.05) is 30.7 Å². The number of anilines is 1. The molecule has 7 heteroatoms. The molecule has 0 radical (unpaired) electrons. The standard InChI is InChI=1S/C18H21N3O3S/c1-14-5-6-15(13-19-14)18(22)20-16-7-9-17(10-8-16)25(23,24)21-11-3-2-4-12-21/h5-10,13H,2-4,11-12H2,1H3,(H,20,22). The van der Waals surface area contributed by atoms with Crippen molar-refractivity contribution in [3.05, 3.63) is 53.9 Å². The Balaban J connectivity index is 1.71. The van der Waals surface area contributed by atoms with E-state index < -0.39 is 10.0 Å². The normalized spacial score (nSPS) is 15.7. The summed E-state index contributed by atoms with van der Waals surface area (Å²) in [6.07, 6.45) is 4.39. The number of carbonyl (C=O) groups is 1. The largest absolute Gasteiger partial charge is 0.322 e. The second-order valence-electron chi connectivity index (χ2n) is 6.13. The van der Waals surface area contributed by atoms with Crippen molar-refractivity contribution in [2.24, 2.45) is 0 Å². The predicted molar refractivity (Wildman–Crippen MR) is 96.0 cm³/mol. The van der Waals surface area contributed by atoms with Crippen LogP contribution in [0.5, 0.6) is 0 Å². The Labute approximate surface area is 147 Å². The van der Waals surface area contributed by atoms with Gasteiger partial charge in [-0.2, -0.15) is 4.31 Å². The molecule has 0 spiro atoms. The Hall–Kier alpha value is -2.25. The zero-order valence-electron chi connectivity index (χ0n) is 14.1. The topological polar surface area (TPSA) is 79.4 Å². The highest BCUT2D eigenvalue weighted by molar-refractivity contribution is 7.89. The van der Waals surface area contributed by atoms with Crippen LogP contribution in [0.15, 0.2) is 47.5 Å². The van der Waals surface area contributed by atoms with Crippen LogP contribution >= 0.6 is 0 Å². The first-order chi connectivity index (χ1) is 12.0. The molecule has 1 aliphatic heterocycles. The average Bonchev–Trinajstić information content (AvgIpc) is 2.63. The number of nitrogens with zero attached hydrogens (tertiary/aromatic N) is 2. The van der Waals surface area contributed by atoms with Crippen molar-refractivity contribution in [3.8, 4) is 0 Å². The van der Waals surface area contributed by atoms with Gasteiger partial charge in [-0.1, -0.05) is 6.42 Å². The van der Waals surface area contributed by atoms with Crippen LogP contribution in [0.1, 0.15) is 35.3 Å².